The van der Waals surface area contributed by atoms with Crippen LogP contribution >= 0.6 is 11.6 Å². The van der Waals surface area contributed by atoms with E-state index in [1.807, 2.05) is 6.92 Å². The molecule has 0 aromatic heterocycles. The molecule has 1 unspecified atom stereocenters. The number of hydrogen-bond donors (Lipinski definition) is 1. The van der Waals surface area contributed by atoms with E-state index in [0.717, 1.165) is 12.0 Å². The van der Waals surface area contributed by atoms with Gasteiger partial charge < -0.3 is 5.11 Å². The summed E-state index contributed by atoms with van der Waals surface area (Å²) in [6, 6.07) is 6.94. The summed E-state index contributed by atoms with van der Waals surface area (Å²) in [6.07, 6.45) is 2.45. The Balaban J connectivity index is 3.06. The highest BCUT2D eigenvalue weighted by atomic mass is 35.5. The average Bonchev–Trinajstić information content (AvgIpc) is 2.27. The van der Waals surface area contributed by atoms with Gasteiger partial charge in [0.2, 0.25) is 0 Å². The van der Waals surface area contributed by atoms with E-state index >= 15 is 0 Å². The fourth-order valence-corrected chi connectivity index (χ4v) is 1.91. The minimum Gasteiger partial charge on any atom is -0.481 e. The number of halogens is 1. The van der Waals surface area contributed by atoms with Crippen molar-refractivity contribution in [3.05, 3.63) is 47.5 Å². The van der Waals surface area contributed by atoms with Crippen molar-refractivity contribution in [3.8, 4) is 0 Å². The second kappa shape index (κ2) is 5.71. The molecule has 2 atom stereocenters. The molecule has 86 valence electrons. The minimum absolute atomic E-state index is 0.0568. The lowest BCUT2D eigenvalue weighted by Crippen LogP contribution is -2.19. The SMILES string of the molecule is C=C[C@@H](CC)C(C(=O)O)c1ccc(Cl)cc1. The van der Waals surface area contributed by atoms with Gasteiger partial charge in [-0.3, -0.25) is 4.79 Å². The van der Waals surface area contributed by atoms with Crippen LogP contribution in [0.2, 0.25) is 5.02 Å². The van der Waals surface area contributed by atoms with E-state index in [0.29, 0.717) is 5.02 Å². The molecule has 1 aromatic rings. The molecule has 0 aliphatic carbocycles. The Bertz CT molecular complexity index is 370. The van der Waals surface area contributed by atoms with E-state index in [2.05, 4.69) is 6.58 Å². The van der Waals surface area contributed by atoms with E-state index in [1.165, 1.54) is 0 Å². The Morgan fingerprint density at radius 3 is 2.44 bits per heavy atom. The van der Waals surface area contributed by atoms with Crippen molar-refractivity contribution in [3.63, 3.8) is 0 Å². The summed E-state index contributed by atoms with van der Waals surface area (Å²) in [4.78, 5) is 11.3. The van der Waals surface area contributed by atoms with Crippen LogP contribution in [0.3, 0.4) is 0 Å². The van der Waals surface area contributed by atoms with Gasteiger partial charge >= 0.3 is 5.97 Å². The Hall–Kier alpha value is -1.28. The van der Waals surface area contributed by atoms with Gasteiger partial charge in [0.15, 0.2) is 0 Å². The third-order valence-corrected chi connectivity index (χ3v) is 2.95. The predicted octanol–water partition coefficient (Wildman–Crippen LogP) is 3.72. The van der Waals surface area contributed by atoms with E-state index in [1.54, 1.807) is 30.3 Å². The number of aliphatic carboxylic acids is 1. The molecule has 0 saturated heterocycles. The molecule has 0 aliphatic rings. The number of rotatable bonds is 5. The van der Waals surface area contributed by atoms with E-state index < -0.39 is 11.9 Å². The fraction of sp³-hybridized carbons (Fsp3) is 0.308. The highest BCUT2D eigenvalue weighted by Crippen LogP contribution is 2.29. The molecule has 0 saturated carbocycles. The Labute approximate surface area is 101 Å². The van der Waals surface area contributed by atoms with Crippen LogP contribution in [0.25, 0.3) is 0 Å². The highest BCUT2D eigenvalue weighted by Gasteiger charge is 2.26. The third-order valence-electron chi connectivity index (χ3n) is 2.70. The predicted molar refractivity (Wildman–Crippen MR) is 65.8 cm³/mol. The lowest BCUT2D eigenvalue weighted by Gasteiger charge is -2.19. The van der Waals surface area contributed by atoms with Crippen molar-refractivity contribution in [2.75, 3.05) is 0 Å². The molecule has 0 amide bonds. The van der Waals surface area contributed by atoms with E-state index in [9.17, 15) is 9.90 Å². The molecule has 0 bridgehead atoms. The maximum atomic E-state index is 11.3. The summed E-state index contributed by atoms with van der Waals surface area (Å²) in [5, 5.41) is 9.86. The molecule has 1 aromatic carbocycles. The zero-order valence-electron chi connectivity index (χ0n) is 9.19. The van der Waals surface area contributed by atoms with Crippen LogP contribution in [-0.4, -0.2) is 11.1 Å². The number of allylic oxidation sites excluding steroid dienone is 1. The van der Waals surface area contributed by atoms with Crippen LogP contribution in [0.15, 0.2) is 36.9 Å². The van der Waals surface area contributed by atoms with Crippen molar-refractivity contribution < 1.29 is 9.90 Å². The summed E-state index contributed by atoms with van der Waals surface area (Å²) in [6.45, 7) is 5.65. The van der Waals surface area contributed by atoms with Gasteiger partial charge in [-0.1, -0.05) is 36.7 Å². The van der Waals surface area contributed by atoms with Crippen LogP contribution in [0, 0.1) is 5.92 Å². The third kappa shape index (κ3) is 2.86. The van der Waals surface area contributed by atoms with Crippen molar-refractivity contribution in [1.82, 2.24) is 0 Å². The molecule has 1 N–H and O–H groups in total. The van der Waals surface area contributed by atoms with E-state index in [4.69, 9.17) is 11.6 Å². The normalized spacial score (nSPS) is 14.1. The van der Waals surface area contributed by atoms with Crippen molar-refractivity contribution >= 4 is 17.6 Å². The zero-order chi connectivity index (χ0) is 12.1. The lowest BCUT2D eigenvalue weighted by atomic mass is 9.84. The zero-order valence-corrected chi connectivity index (χ0v) is 9.95. The Kier molecular flexibility index (Phi) is 4.56. The largest absolute Gasteiger partial charge is 0.481 e. The number of benzene rings is 1. The van der Waals surface area contributed by atoms with E-state index in [-0.39, 0.29) is 5.92 Å². The first-order valence-electron chi connectivity index (χ1n) is 5.21. The van der Waals surface area contributed by atoms with Crippen LogP contribution in [-0.2, 0) is 4.79 Å². The highest BCUT2D eigenvalue weighted by molar-refractivity contribution is 6.30. The van der Waals surface area contributed by atoms with Crippen LogP contribution in [0.1, 0.15) is 24.8 Å². The standard InChI is InChI=1S/C13H15ClO2/c1-3-9(4-2)12(13(15)16)10-5-7-11(14)8-6-10/h3,5-9,12H,1,4H2,2H3,(H,15,16)/t9-,12?/m0/s1. The number of carboxylic acid groups (broad SMARTS) is 1. The second-order valence-electron chi connectivity index (χ2n) is 3.68. The second-order valence-corrected chi connectivity index (χ2v) is 4.11. The van der Waals surface area contributed by atoms with Gasteiger partial charge in [-0.05, 0) is 30.0 Å². The van der Waals surface area contributed by atoms with Crippen molar-refractivity contribution in [2.45, 2.75) is 19.3 Å². The Morgan fingerprint density at radius 2 is 2.06 bits per heavy atom. The summed E-state index contributed by atoms with van der Waals surface area (Å²) in [7, 11) is 0. The summed E-state index contributed by atoms with van der Waals surface area (Å²) in [5.74, 6) is -1.42. The van der Waals surface area contributed by atoms with Gasteiger partial charge in [-0.15, -0.1) is 6.58 Å². The topological polar surface area (TPSA) is 37.3 Å². The first-order chi connectivity index (χ1) is 7.60. The molecule has 0 spiro atoms. The average molecular weight is 239 g/mol. The molecule has 2 nitrogen and oxygen atoms in total. The summed E-state index contributed by atoms with van der Waals surface area (Å²) < 4.78 is 0. The van der Waals surface area contributed by atoms with Gasteiger partial charge in [0, 0.05) is 5.02 Å². The Morgan fingerprint density at radius 1 is 1.50 bits per heavy atom. The maximum absolute atomic E-state index is 11.3. The van der Waals surface area contributed by atoms with Crippen LogP contribution in [0.5, 0.6) is 0 Å². The number of carboxylic acids is 1. The molecule has 0 fully saturated rings. The maximum Gasteiger partial charge on any atom is 0.311 e. The number of carbonyl (C=O) groups is 1. The van der Waals surface area contributed by atoms with Gasteiger partial charge in [-0.2, -0.15) is 0 Å². The van der Waals surface area contributed by atoms with Gasteiger partial charge in [0.05, 0.1) is 5.92 Å². The van der Waals surface area contributed by atoms with Crippen molar-refractivity contribution in [1.29, 1.82) is 0 Å². The molecular weight excluding hydrogens is 224 g/mol. The molecule has 16 heavy (non-hydrogen) atoms. The van der Waals surface area contributed by atoms with Gasteiger partial charge in [-0.25, -0.2) is 0 Å². The molecule has 0 aliphatic heterocycles. The summed E-state index contributed by atoms with van der Waals surface area (Å²) >= 11 is 5.78. The van der Waals surface area contributed by atoms with Gasteiger partial charge in [0.1, 0.15) is 0 Å². The fourth-order valence-electron chi connectivity index (χ4n) is 1.78. The minimum atomic E-state index is -0.825. The van der Waals surface area contributed by atoms with Crippen molar-refractivity contribution in [2.24, 2.45) is 5.92 Å². The quantitative estimate of drug-likeness (QED) is 0.794. The first-order valence-corrected chi connectivity index (χ1v) is 5.58. The summed E-state index contributed by atoms with van der Waals surface area (Å²) in [5.41, 5.74) is 0.767. The molecule has 0 radical (unpaired) electrons. The first kappa shape index (κ1) is 12.8. The molecule has 3 heteroatoms. The van der Waals surface area contributed by atoms with Crippen LogP contribution in [0.4, 0.5) is 0 Å². The number of hydrogen-bond acceptors (Lipinski definition) is 1. The lowest BCUT2D eigenvalue weighted by molar-refractivity contribution is -0.139. The monoisotopic (exact) mass is 238 g/mol. The smallest absolute Gasteiger partial charge is 0.311 e. The molecule has 1 rings (SSSR count). The molecule has 0 heterocycles. The van der Waals surface area contributed by atoms with Gasteiger partial charge in [0.25, 0.3) is 0 Å². The molecular formula is C13H15ClO2. The van der Waals surface area contributed by atoms with Crippen LogP contribution < -0.4 is 0 Å².